The van der Waals surface area contributed by atoms with E-state index in [1.54, 1.807) is 12.1 Å². The van der Waals surface area contributed by atoms with Gasteiger partial charge in [-0.1, -0.05) is 24.3 Å². The first kappa shape index (κ1) is 13.1. The molecule has 3 rings (SSSR count). The van der Waals surface area contributed by atoms with Gasteiger partial charge in [-0.3, -0.25) is 0 Å². The molecular formula is C17H14O4. The highest BCUT2D eigenvalue weighted by Gasteiger charge is 2.17. The van der Waals surface area contributed by atoms with E-state index in [0.29, 0.717) is 16.9 Å². The van der Waals surface area contributed by atoms with Crippen LogP contribution in [0, 0.1) is 0 Å². The molecule has 0 aromatic heterocycles. The summed E-state index contributed by atoms with van der Waals surface area (Å²) in [4.78, 5) is 0. The smallest absolute Gasteiger partial charge is 0.166 e. The maximum Gasteiger partial charge on any atom is 0.166 e. The zero-order valence-electron chi connectivity index (χ0n) is 11.4. The Hall–Kier alpha value is -2.88. The highest BCUT2D eigenvalue weighted by Crippen LogP contribution is 2.46. The van der Waals surface area contributed by atoms with Gasteiger partial charge < -0.3 is 20.1 Å². The van der Waals surface area contributed by atoms with Gasteiger partial charge in [0.15, 0.2) is 11.5 Å². The quantitative estimate of drug-likeness (QED) is 0.628. The number of methoxy groups -OCH3 is 1. The van der Waals surface area contributed by atoms with Crippen LogP contribution in [0.15, 0.2) is 48.5 Å². The summed E-state index contributed by atoms with van der Waals surface area (Å²) in [5.41, 5.74) is 0.779. The van der Waals surface area contributed by atoms with Crippen molar-refractivity contribution < 1.29 is 20.1 Å². The van der Waals surface area contributed by atoms with Crippen LogP contribution in [0.2, 0.25) is 0 Å². The summed E-state index contributed by atoms with van der Waals surface area (Å²) >= 11 is 0. The Labute approximate surface area is 121 Å². The van der Waals surface area contributed by atoms with E-state index in [-0.39, 0.29) is 17.2 Å². The number of phenols is 3. The van der Waals surface area contributed by atoms with E-state index in [1.807, 2.05) is 24.3 Å². The van der Waals surface area contributed by atoms with Crippen LogP contribution >= 0.6 is 0 Å². The van der Waals surface area contributed by atoms with E-state index in [4.69, 9.17) is 4.74 Å². The number of fused-ring (bicyclic) bond motifs is 1. The molecule has 0 radical (unpaired) electrons. The predicted molar refractivity (Wildman–Crippen MR) is 80.9 cm³/mol. The fraction of sp³-hybridized carbons (Fsp3) is 0.0588. The molecule has 0 spiro atoms. The minimum Gasteiger partial charge on any atom is -0.507 e. The standard InChI is InChI=1S/C17H14O4/c1-21-11-6-7-14(18)13(9-11)16-12-5-3-2-4-10(12)8-15(19)17(16)20/h2-9,18-20H,1H3. The first-order chi connectivity index (χ1) is 10.1. The highest BCUT2D eigenvalue weighted by atomic mass is 16.5. The average molecular weight is 282 g/mol. The lowest BCUT2D eigenvalue weighted by atomic mass is 9.96. The molecule has 0 aliphatic heterocycles. The van der Waals surface area contributed by atoms with Crippen LogP contribution in [0.3, 0.4) is 0 Å². The lowest BCUT2D eigenvalue weighted by Gasteiger charge is -2.13. The van der Waals surface area contributed by atoms with Gasteiger partial charge in [0.25, 0.3) is 0 Å². The lowest BCUT2D eigenvalue weighted by molar-refractivity contribution is 0.405. The molecule has 0 atom stereocenters. The van der Waals surface area contributed by atoms with Crippen LogP contribution in [0.1, 0.15) is 0 Å². The van der Waals surface area contributed by atoms with Gasteiger partial charge in [-0.05, 0) is 35.0 Å². The molecule has 3 aromatic rings. The summed E-state index contributed by atoms with van der Waals surface area (Å²) in [6.45, 7) is 0. The van der Waals surface area contributed by atoms with E-state index >= 15 is 0 Å². The topological polar surface area (TPSA) is 69.9 Å². The van der Waals surface area contributed by atoms with E-state index in [0.717, 1.165) is 10.8 Å². The van der Waals surface area contributed by atoms with Gasteiger partial charge >= 0.3 is 0 Å². The largest absolute Gasteiger partial charge is 0.507 e. The molecule has 0 unspecified atom stereocenters. The van der Waals surface area contributed by atoms with Crippen LogP contribution < -0.4 is 4.74 Å². The molecule has 3 aromatic carbocycles. The van der Waals surface area contributed by atoms with Crippen molar-refractivity contribution in [3.05, 3.63) is 48.5 Å². The zero-order valence-corrected chi connectivity index (χ0v) is 11.4. The Morgan fingerprint density at radius 2 is 1.62 bits per heavy atom. The van der Waals surface area contributed by atoms with Gasteiger partial charge in [-0.15, -0.1) is 0 Å². The van der Waals surface area contributed by atoms with Crippen molar-refractivity contribution in [3.8, 4) is 34.1 Å². The summed E-state index contributed by atoms with van der Waals surface area (Å²) in [7, 11) is 1.52. The fourth-order valence-electron chi connectivity index (χ4n) is 2.44. The van der Waals surface area contributed by atoms with E-state index in [2.05, 4.69) is 0 Å². The van der Waals surface area contributed by atoms with Crippen LogP contribution in [-0.4, -0.2) is 22.4 Å². The van der Waals surface area contributed by atoms with Crippen LogP contribution in [0.25, 0.3) is 21.9 Å². The highest BCUT2D eigenvalue weighted by molar-refractivity contribution is 6.02. The number of aromatic hydroxyl groups is 3. The molecule has 0 aliphatic rings. The molecule has 0 saturated carbocycles. The van der Waals surface area contributed by atoms with Gasteiger partial charge in [-0.2, -0.15) is 0 Å². The van der Waals surface area contributed by atoms with Crippen molar-refractivity contribution in [2.75, 3.05) is 7.11 Å². The van der Waals surface area contributed by atoms with Crippen LogP contribution in [0.4, 0.5) is 0 Å². The number of ether oxygens (including phenoxy) is 1. The second kappa shape index (κ2) is 4.90. The molecule has 4 nitrogen and oxygen atoms in total. The van der Waals surface area contributed by atoms with Crippen molar-refractivity contribution in [3.63, 3.8) is 0 Å². The van der Waals surface area contributed by atoms with Crippen molar-refractivity contribution >= 4 is 10.8 Å². The first-order valence-electron chi connectivity index (χ1n) is 6.43. The maximum absolute atomic E-state index is 10.2. The SMILES string of the molecule is COc1ccc(O)c(-c2c(O)c(O)cc3ccccc23)c1. The third kappa shape index (κ3) is 2.10. The maximum atomic E-state index is 10.2. The molecule has 0 amide bonds. The Morgan fingerprint density at radius 3 is 2.38 bits per heavy atom. The molecule has 4 heteroatoms. The van der Waals surface area contributed by atoms with E-state index in [9.17, 15) is 15.3 Å². The fourth-order valence-corrected chi connectivity index (χ4v) is 2.44. The van der Waals surface area contributed by atoms with Crippen molar-refractivity contribution in [1.82, 2.24) is 0 Å². The molecule has 21 heavy (non-hydrogen) atoms. The summed E-state index contributed by atoms with van der Waals surface area (Å²) in [5.74, 6) is 0.0552. The zero-order chi connectivity index (χ0) is 15.0. The molecule has 0 heterocycles. The second-order valence-corrected chi connectivity index (χ2v) is 4.72. The van der Waals surface area contributed by atoms with Gasteiger partial charge in [0.05, 0.1) is 7.11 Å². The van der Waals surface area contributed by atoms with E-state index < -0.39 is 0 Å². The molecule has 3 N–H and O–H groups in total. The van der Waals surface area contributed by atoms with E-state index in [1.165, 1.54) is 19.2 Å². The molecule has 0 aliphatic carbocycles. The normalized spacial score (nSPS) is 10.7. The third-order valence-electron chi connectivity index (χ3n) is 3.47. The molecular weight excluding hydrogens is 268 g/mol. The minimum atomic E-state index is -0.266. The Bertz CT molecular complexity index is 824. The Balaban J connectivity index is 2.41. The molecule has 0 fully saturated rings. The molecule has 0 saturated heterocycles. The van der Waals surface area contributed by atoms with Crippen molar-refractivity contribution in [2.45, 2.75) is 0 Å². The van der Waals surface area contributed by atoms with Gasteiger partial charge in [0.2, 0.25) is 0 Å². The molecule has 106 valence electrons. The number of phenolic OH excluding ortho intramolecular Hbond substituents is 3. The van der Waals surface area contributed by atoms with Crippen molar-refractivity contribution in [2.24, 2.45) is 0 Å². The lowest BCUT2D eigenvalue weighted by Crippen LogP contribution is -1.88. The number of hydrogen-bond acceptors (Lipinski definition) is 4. The Kier molecular flexibility index (Phi) is 3.06. The minimum absolute atomic E-state index is 0.00172. The first-order valence-corrected chi connectivity index (χ1v) is 6.43. The number of rotatable bonds is 2. The second-order valence-electron chi connectivity index (χ2n) is 4.72. The van der Waals surface area contributed by atoms with Gasteiger partial charge in [-0.25, -0.2) is 0 Å². The Morgan fingerprint density at radius 1 is 0.857 bits per heavy atom. The van der Waals surface area contributed by atoms with Crippen LogP contribution in [0.5, 0.6) is 23.0 Å². The average Bonchev–Trinajstić information content (AvgIpc) is 2.50. The predicted octanol–water partition coefficient (Wildman–Crippen LogP) is 3.63. The van der Waals surface area contributed by atoms with Gasteiger partial charge in [0.1, 0.15) is 11.5 Å². The van der Waals surface area contributed by atoms with Crippen molar-refractivity contribution in [1.29, 1.82) is 0 Å². The summed E-state index contributed by atoms with van der Waals surface area (Å²) in [6, 6.07) is 13.6. The molecule has 0 bridgehead atoms. The summed E-state index contributed by atoms with van der Waals surface area (Å²) in [5, 5.41) is 31.8. The van der Waals surface area contributed by atoms with Crippen LogP contribution in [-0.2, 0) is 0 Å². The summed E-state index contributed by atoms with van der Waals surface area (Å²) in [6.07, 6.45) is 0. The summed E-state index contributed by atoms with van der Waals surface area (Å²) < 4.78 is 5.16. The monoisotopic (exact) mass is 282 g/mol. The van der Waals surface area contributed by atoms with Gasteiger partial charge in [0, 0.05) is 11.1 Å². The number of benzene rings is 3. The number of hydrogen-bond donors (Lipinski definition) is 3. The third-order valence-corrected chi connectivity index (χ3v) is 3.47.